The Morgan fingerprint density at radius 2 is 2.07 bits per heavy atom. The van der Waals surface area contributed by atoms with Gasteiger partial charge in [-0.3, -0.25) is 14.5 Å². The molecule has 4 aromatic rings. The van der Waals surface area contributed by atoms with Crippen molar-refractivity contribution in [3.63, 3.8) is 0 Å². The van der Waals surface area contributed by atoms with Gasteiger partial charge >= 0.3 is 0 Å². The molecule has 0 saturated carbocycles. The molecule has 5 rings (SSSR count). The van der Waals surface area contributed by atoms with Crippen LogP contribution in [0.1, 0.15) is 23.5 Å². The molecule has 144 valence electrons. The molecule has 8 heteroatoms. The third kappa shape index (κ3) is 2.89. The number of benzene rings is 1. The van der Waals surface area contributed by atoms with Gasteiger partial charge in [-0.1, -0.05) is 6.07 Å². The van der Waals surface area contributed by atoms with Gasteiger partial charge in [0.1, 0.15) is 17.3 Å². The Morgan fingerprint density at radius 1 is 1.17 bits per heavy atom. The predicted octanol–water partition coefficient (Wildman–Crippen LogP) is 3.28. The van der Waals surface area contributed by atoms with Crippen LogP contribution in [0.2, 0.25) is 0 Å². The van der Waals surface area contributed by atoms with Crippen molar-refractivity contribution in [2.24, 2.45) is 7.05 Å². The third-order valence-corrected chi connectivity index (χ3v) is 5.10. The molecule has 0 fully saturated rings. The number of nitrogens with zero attached hydrogens (tertiary/aromatic N) is 5. The van der Waals surface area contributed by atoms with Gasteiger partial charge in [-0.2, -0.15) is 10.2 Å². The molecule has 0 saturated heterocycles. The molecule has 4 heterocycles. The molecular weight excluding hydrogens is 371 g/mol. The van der Waals surface area contributed by atoms with Crippen molar-refractivity contribution in [1.29, 1.82) is 0 Å². The van der Waals surface area contributed by atoms with E-state index in [9.17, 15) is 9.18 Å². The zero-order valence-electron chi connectivity index (χ0n) is 15.6. The molecular formula is C21H17FN6O. The number of aromatic nitrogens is 5. The van der Waals surface area contributed by atoms with Gasteiger partial charge in [0.05, 0.1) is 11.4 Å². The van der Waals surface area contributed by atoms with Crippen LogP contribution in [0.3, 0.4) is 0 Å². The first kappa shape index (κ1) is 17.3. The smallest absolute Gasteiger partial charge is 0.226 e. The number of hydrogen-bond donors (Lipinski definition) is 1. The van der Waals surface area contributed by atoms with E-state index in [0.29, 0.717) is 22.8 Å². The van der Waals surface area contributed by atoms with Crippen LogP contribution < -0.4 is 5.32 Å². The lowest BCUT2D eigenvalue weighted by Gasteiger charge is -2.26. The molecule has 1 atom stereocenters. The second-order valence-electron chi connectivity index (χ2n) is 6.91. The monoisotopic (exact) mass is 388 g/mol. The van der Waals surface area contributed by atoms with Crippen LogP contribution in [0.25, 0.3) is 17.1 Å². The van der Waals surface area contributed by atoms with E-state index in [2.05, 4.69) is 20.5 Å². The summed E-state index contributed by atoms with van der Waals surface area (Å²) in [5, 5.41) is 11.8. The summed E-state index contributed by atoms with van der Waals surface area (Å²) in [5.41, 5.74) is 3.59. The number of halogens is 1. The molecule has 0 radical (unpaired) electrons. The molecule has 0 bridgehead atoms. The summed E-state index contributed by atoms with van der Waals surface area (Å²) in [7, 11) is 1.77. The van der Waals surface area contributed by atoms with Crippen LogP contribution in [0, 0.1) is 5.82 Å². The fraction of sp³-hybridized carbons (Fsp3) is 0.143. The topological polar surface area (TPSA) is 77.6 Å². The van der Waals surface area contributed by atoms with Crippen LogP contribution in [0.5, 0.6) is 0 Å². The molecule has 29 heavy (non-hydrogen) atoms. The van der Waals surface area contributed by atoms with Crippen molar-refractivity contribution in [1.82, 2.24) is 24.5 Å². The first-order chi connectivity index (χ1) is 14.1. The van der Waals surface area contributed by atoms with E-state index in [-0.39, 0.29) is 24.1 Å². The second-order valence-corrected chi connectivity index (χ2v) is 6.91. The SMILES string of the molecule is Cn1nc(-c2ccccn2)c2c1NC(=O)CC2c1cc(F)ccc1-n1cccn1. The molecule has 0 aliphatic carbocycles. The first-order valence-corrected chi connectivity index (χ1v) is 9.19. The Bertz CT molecular complexity index is 1200. The minimum Gasteiger partial charge on any atom is -0.311 e. The van der Waals surface area contributed by atoms with Crippen molar-refractivity contribution >= 4 is 11.7 Å². The number of hydrogen-bond acceptors (Lipinski definition) is 4. The van der Waals surface area contributed by atoms with E-state index >= 15 is 0 Å². The minimum atomic E-state index is -0.389. The lowest BCUT2D eigenvalue weighted by Crippen LogP contribution is -2.25. The highest BCUT2D eigenvalue weighted by Gasteiger charge is 2.35. The van der Waals surface area contributed by atoms with Crippen molar-refractivity contribution < 1.29 is 9.18 Å². The summed E-state index contributed by atoms with van der Waals surface area (Å²) in [5.74, 6) is -0.303. The van der Waals surface area contributed by atoms with E-state index in [1.807, 2.05) is 18.2 Å². The van der Waals surface area contributed by atoms with Crippen LogP contribution >= 0.6 is 0 Å². The van der Waals surface area contributed by atoms with Crippen molar-refractivity contribution in [2.75, 3.05) is 5.32 Å². The average Bonchev–Trinajstić information content (AvgIpc) is 3.37. The Morgan fingerprint density at radius 3 is 2.83 bits per heavy atom. The second kappa shape index (κ2) is 6.66. The molecule has 1 unspecified atom stereocenters. The average molecular weight is 388 g/mol. The molecule has 1 N–H and O–H groups in total. The molecule has 3 aromatic heterocycles. The quantitative estimate of drug-likeness (QED) is 0.584. The van der Waals surface area contributed by atoms with E-state index in [4.69, 9.17) is 0 Å². The summed E-state index contributed by atoms with van der Waals surface area (Å²) < 4.78 is 17.6. The number of nitrogens with one attached hydrogen (secondary N) is 1. The summed E-state index contributed by atoms with van der Waals surface area (Å²) in [6, 6.07) is 11.9. The number of amides is 1. The zero-order chi connectivity index (χ0) is 20.0. The van der Waals surface area contributed by atoms with E-state index in [1.54, 1.807) is 47.1 Å². The van der Waals surface area contributed by atoms with E-state index in [1.165, 1.54) is 12.1 Å². The maximum absolute atomic E-state index is 14.3. The van der Waals surface area contributed by atoms with Crippen LogP contribution in [0.15, 0.2) is 61.1 Å². The van der Waals surface area contributed by atoms with Crippen LogP contribution in [-0.2, 0) is 11.8 Å². The standard InChI is InChI=1S/C21H17FN6O/c1-27-21-19(20(26-27)16-5-2-3-8-23-16)15(12-18(29)25-21)14-11-13(22)6-7-17(14)28-10-4-9-24-28/h2-11,15H,12H2,1H3,(H,25,29). The van der Waals surface area contributed by atoms with Crippen LogP contribution in [0.4, 0.5) is 10.2 Å². The normalized spacial score (nSPS) is 15.8. The van der Waals surface area contributed by atoms with Gasteiger partial charge in [-0.15, -0.1) is 0 Å². The highest BCUT2D eigenvalue weighted by Crippen LogP contribution is 2.43. The lowest BCUT2D eigenvalue weighted by molar-refractivity contribution is -0.116. The fourth-order valence-electron chi connectivity index (χ4n) is 3.87. The Labute approximate surface area is 165 Å². The molecule has 1 aliphatic rings. The summed E-state index contributed by atoms with van der Waals surface area (Å²) in [6.45, 7) is 0. The predicted molar refractivity (Wildman–Crippen MR) is 105 cm³/mol. The Kier molecular flexibility index (Phi) is 3.97. The van der Waals surface area contributed by atoms with Gasteiger partial charge < -0.3 is 5.32 Å². The van der Waals surface area contributed by atoms with Crippen molar-refractivity contribution in [3.8, 4) is 17.1 Å². The molecule has 1 amide bonds. The summed E-state index contributed by atoms with van der Waals surface area (Å²) in [6.07, 6.45) is 5.33. The largest absolute Gasteiger partial charge is 0.311 e. The minimum absolute atomic E-state index is 0.145. The molecule has 7 nitrogen and oxygen atoms in total. The van der Waals surface area contributed by atoms with Crippen molar-refractivity contribution in [3.05, 3.63) is 78.0 Å². The summed E-state index contributed by atoms with van der Waals surface area (Å²) in [4.78, 5) is 16.9. The molecule has 1 aromatic carbocycles. The number of pyridine rings is 1. The number of carbonyl (C=O) groups is 1. The van der Waals surface area contributed by atoms with Crippen molar-refractivity contribution in [2.45, 2.75) is 12.3 Å². The highest BCUT2D eigenvalue weighted by molar-refractivity contribution is 5.96. The van der Waals surface area contributed by atoms with Gasteiger partial charge in [0.25, 0.3) is 0 Å². The zero-order valence-corrected chi connectivity index (χ0v) is 15.6. The van der Waals surface area contributed by atoms with Crippen LogP contribution in [-0.4, -0.2) is 30.5 Å². The van der Waals surface area contributed by atoms with Gasteiger partial charge in [-0.05, 0) is 42.0 Å². The lowest BCUT2D eigenvalue weighted by atomic mass is 9.84. The number of aryl methyl sites for hydroxylation is 1. The first-order valence-electron chi connectivity index (χ1n) is 9.19. The Hall–Kier alpha value is -3.81. The number of rotatable bonds is 3. The van der Waals surface area contributed by atoms with Gasteiger partial charge in [0, 0.05) is 43.5 Å². The molecule has 0 spiro atoms. The maximum Gasteiger partial charge on any atom is 0.226 e. The fourth-order valence-corrected chi connectivity index (χ4v) is 3.87. The highest BCUT2D eigenvalue weighted by atomic mass is 19.1. The number of anilines is 1. The summed E-state index contributed by atoms with van der Waals surface area (Å²) >= 11 is 0. The van der Waals surface area contributed by atoms with Gasteiger partial charge in [-0.25, -0.2) is 9.07 Å². The third-order valence-electron chi connectivity index (χ3n) is 5.10. The number of carbonyl (C=O) groups excluding carboxylic acids is 1. The van der Waals surface area contributed by atoms with E-state index < -0.39 is 0 Å². The number of fused-ring (bicyclic) bond motifs is 1. The van der Waals surface area contributed by atoms with Gasteiger partial charge in [0.15, 0.2) is 0 Å². The Balaban J connectivity index is 1.76. The van der Waals surface area contributed by atoms with Gasteiger partial charge in [0.2, 0.25) is 5.91 Å². The maximum atomic E-state index is 14.3. The molecule has 1 aliphatic heterocycles. The van der Waals surface area contributed by atoms with E-state index in [0.717, 1.165) is 11.3 Å².